The Bertz CT molecular complexity index is 505. The van der Waals surface area contributed by atoms with Gasteiger partial charge in [0.05, 0.1) is 0 Å². The van der Waals surface area contributed by atoms with Crippen LogP contribution in [0.25, 0.3) is 0 Å². The number of amides is 3. The Hall–Kier alpha value is -2.37. The van der Waals surface area contributed by atoms with Crippen molar-refractivity contribution in [2.45, 2.75) is 18.9 Å². The van der Waals surface area contributed by atoms with E-state index >= 15 is 0 Å². The Kier molecular flexibility index (Phi) is 3.79. The van der Waals surface area contributed by atoms with Gasteiger partial charge >= 0.3 is 0 Å². The SMILES string of the molecule is NC1=C/C=C/C(=O)N(C2CCC(=O)NC2=O)C\C=C\1. The van der Waals surface area contributed by atoms with Crippen molar-refractivity contribution in [3.8, 4) is 0 Å². The van der Waals surface area contributed by atoms with Crippen LogP contribution in [0.4, 0.5) is 0 Å². The van der Waals surface area contributed by atoms with E-state index in [1.165, 1.54) is 11.0 Å². The van der Waals surface area contributed by atoms with Gasteiger partial charge in [-0.25, -0.2) is 0 Å². The van der Waals surface area contributed by atoms with Crippen molar-refractivity contribution in [2.24, 2.45) is 5.73 Å². The summed E-state index contributed by atoms with van der Waals surface area (Å²) >= 11 is 0. The molecule has 0 aromatic carbocycles. The van der Waals surface area contributed by atoms with Gasteiger partial charge < -0.3 is 10.6 Å². The molecule has 3 amide bonds. The van der Waals surface area contributed by atoms with Crippen molar-refractivity contribution in [1.82, 2.24) is 10.2 Å². The maximum atomic E-state index is 12.0. The fourth-order valence-corrected chi connectivity index (χ4v) is 2.05. The van der Waals surface area contributed by atoms with Crippen LogP contribution in [0.5, 0.6) is 0 Å². The quantitative estimate of drug-likeness (QED) is 0.627. The molecule has 19 heavy (non-hydrogen) atoms. The molecule has 1 fully saturated rings. The molecule has 100 valence electrons. The first-order chi connectivity index (χ1) is 9.08. The molecule has 0 aromatic heterocycles. The standard InChI is InChI=1S/C13H15N3O3/c14-9-3-1-5-12(18)16(8-2-4-9)10-6-7-11(17)15-13(10)19/h1-5,10H,6-8,14H2,(H,15,17,19)/b4-2+,5-1+,9-3+. The van der Waals surface area contributed by atoms with Crippen molar-refractivity contribution < 1.29 is 14.4 Å². The fraction of sp³-hybridized carbons (Fsp3) is 0.308. The van der Waals surface area contributed by atoms with E-state index in [-0.39, 0.29) is 24.8 Å². The highest BCUT2D eigenvalue weighted by molar-refractivity contribution is 6.02. The highest BCUT2D eigenvalue weighted by Crippen LogP contribution is 2.14. The van der Waals surface area contributed by atoms with Crippen LogP contribution < -0.4 is 11.1 Å². The zero-order valence-corrected chi connectivity index (χ0v) is 10.3. The molecule has 0 bridgehead atoms. The molecule has 6 nitrogen and oxygen atoms in total. The van der Waals surface area contributed by atoms with Gasteiger partial charge in [0.25, 0.3) is 0 Å². The molecule has 1 atom stereocenters. The van der Waals surface area contributed by atoms with Crippen molar-refractivity contribution in [3.05, 3.63) is 36.1 Å². The third kappa shape index (κ3) is 3.09. The third-order valence-electron chi connectivity index (χ3n) is 3.01. The largest absolute Gasteiger partial charge is 0.399 e. The minimum absolute atomic E-state index is 0.244. The van der Waals surface area contributed by atoms with E-state index < -0.39 is 11.9 Å². The summed E-state index contributed by atoms with van der Waals surface area (Å²) in [7, 11) is 0. The number of carbonyl (C=O) groups excluding carboxylic acids is 3. The molecular weight excluding hydrogens is 246 g/mol. The van der Waals surface area contributed by atoms with Crippen molar-refractivity contribution >= 4 is 17.7 Å². The topological polar surface area (TPSA) is 92.5 Å². The van der Waals surface area contributed by atoms with Crippen molar-refractivity contribution in [1.29, 1.82) is 0 Å². The number of hydrogen-bond acceptors (Lipinski definition) is 4. The molecule has 0 aromatic rings. The van der Waals surface area contributed by atoms with Gasteiger partial charge in [-0.15, -0.1) is 0 Å². The highest BCUT2D eigenvalue weighted by Gasteiger charge is 2.33. The first kappa shape index (κ1) is 13.1. The summed E-state index contributed by atoms with van der Waals surface area (Å²) in [6, 6.07) is -0.612. The molecule has 6 heteroatoms. The van der Waals surface area contributed by atoms with E-state index in [1.54, 1.807) is 24.3 Å². The number of imide groups is 1. The molecule has 2 heterocycles. The smallest absolute Gasteiger partial charge is 0.249 e. The molecule has 2 rings (SSSR count). The zero-order chi connectivity index (χ0) is 13.8. The van der Waals surface area contributed by atoms with Crippen LogP contribution in [0.15, 0.2) is 36.1 Å². The number of nitrogens with two attached hydrogens (primary N) is 1. The summed E-state index contributed by atoms with van der Waals surface area (Å²) in [6.45, 7) is 0.282. The third-order valence-corrected chi connectivity index (χ3v) is 3.01. The number of rotatable bonds is 1. The Morgan fingerprint density at radius 2 is 2.05 bits per heavy atom. The summed E-state index contributed by atoms with van der Waals surface area (Å²) in [5.74, 6) is -0.994. The lowest BCUT2D eigenvalue weighted by atomic mass is 10.0. The number of nitrogens with zero attached hydrogens (tertiary/aromatic N) is 1. The lowest BCUT2D eigenvalue weighted by Crippen LogP contribution is -2.54. The molecule has 3 N–H and O–H groups in total. The molecule has 0 radical (unpaired) electrons. The minimum Gasteiger partial charge on any atom is -0.399 e. The molecule has 2 aliphatic rings. The second kappa shape index (κ2) is 5.51. The number of piperidine rings is 1. The molecule has 0 spiro atoms. The molecule has 1 unspecified atom stereocenters. The van der Waals surface area contributed by atoms with Gasteiger partial charge in [0.15, 0.2) is 0 Å². The van der Waals surface area contributed by atoms with Gasteiger partial charge in [-0.1, -0.05) is 12.2 Å². The summed E-state index contributed by atoms with van der Waals surface area (Å²) in [5, 5.41) is 2.25. The molecule has 0 aliphatic carbocycles. The molecule has 1 saturated heterocycles. The Morgan fingerprint density at radius 3 is 2.79 bits per heavy atom. The van der Waals surface area contributed by atoms with Crippen LogP contribution in [0.3, 0.4) is 0 Å². The van der Waals surface area contributed by atoms with E-state index in [1.807, 2.05) is 0 Å². The minimum atomic E-state index is -0.612. The van der Waals surface area contributed by atoms with Crippen molar-refractivity contribution in [3.63, 3.8) is 0 Å². The van der Waals surface area contributed by atoms with Gasteiger partial charge in [0.2, 0.25) is 17.7 Å². The first-order valence-electron chi connectivity index (χ1n) is 6.02. The summed E-state index contributed by atoms with van der Waals surface area (Å²) in [5.41, 5.74) is 6.19. The Balaban J connectivity index is 2.19. The summed E-state index contributed by atoms with van der Waals surface area (Å²) in [4.78, 5) is 36.4. The van der Waals surface area contributed by atoms with E-state index in [9.17, 15) is 14.4 Å². The van der Waals surface area contributed by atoms with Crippen LogP contribution >= 0.6 is 0 Å². The highest BCUT2D eigenvalue weighted by atomic mass is 16.2. The number of nitrogens with one attached hydrogen (secondary N) is 1. The second-order valence-electron chi connectivity index (χ2n) is 4.39. The van der Waals surface area contributed by atoms with Crippen LogP contribution in [0, 0.1) is 0 Å². The van der Waals surface area contributed by atoms with Gasteiger partial charge in [-0.3, -0.25) is 19.7 Å². The fourth-order valence-electron chi connectivity index (χ4n) is 2.05. The normalized spacial score (nSPS) is 30.5. The monoisotopic (exact) mass is 261 g/mol. The average molecular weight is 261 g/mol. The number of allylic oxidation sites excluding steroid dienone is 3. The van der Waals surface area contributed by atoms with Gasteiger partial charge in [-0.2, -0.15) is 0 Å². The Morgan fingerprint density at radius 1 is 1.26 bits per heavy atom. The average Bonchev–Trinajstić information content (AvgIpc) is 2.42. The van der Waals surface area contributed by atoms with Gasteiger partial charge in [0.1, 0.15) is 6.04 Å². The van der Waals surface area contributed by atoms with Crippen LogP contribution in [0.2, 0.25) is 0 Å². The zero-order valence-electron chi connectivity index (χ0n) is 10.3. The van der Waals surface area contributed by atoms with Gasteiger partial charge in [0, 0.05) is 24.7 Å². The lowest BCUT2D eigenvalue weighted by molar-refractivity contribution is -0.143. The van der Waals surface area contributed by atoms with Crippen LogP contribution in [-0.4, -0.2) is 35.2 Å². The second-order valence-corrected chi connectivity index (χ2v) is 4.39. The molecular formula is C13H15N3O3. The molecule has 0 saturated carbocycles. The summed E-state index contributed by atoms with van der Waals surface area (Å²) in [6.07, 6.45) is 8.52. The maximum absolute atomic E-state index is 12.0. The van der Waals surface area contributed by atoms with E-state index in [0.29, 0.717) is 12.1 Å². The number of carbonyl (C=O) groups is 3. The van der Waals surface area contributed by atoms with Gasteiger partial charge in [-0.05, 0) is 18.6 Å². The number of hydrogen-bond donors (Lipinski definition) is 2. The van der Waals surface area contributed by atoms with E-state index in [0.717, 1.165) is 0 Å². The maximum Gasteiger partial charge on any atom is 0.249 e. The Labute approximate surface area is 110 Å². The van der Waals surface area contributed by atoms with E-state index in [4.69, 9.17) is 5.73 Å². The predicted molar refractivity (Wildman–Crippen MR) is 68.4 cm³/mol. The van der Waals surface area contributed by atoms with E-state index in [2.05, 4.69) is 5.32 Å². The predicted octanol–water partition coefficient (Wildman–Crippen LogP) is -0.411. The van der Waals surface area contributed by atoms with Crippen LogP contribution in [-0.2, 0) is 14.4 Å². The lowest BCUT2D eigenvalue weighted by Gasteiger charge is -2.31. The summed E-state index contributed by atoms with van der Waals surface area (Å²) < 4.78 is 0. The van der Waals surface area contributed by atoms with Crippen molar-refractivity contribution in [2.75, 3.05) is 6.54 Å². The van der Waals surface area contributed by atoms with Crippen LogP contribution in [0.1, 0.15) is 12.8 Å². The first-order valence-corrected chi connectivity index (χ1v) is 6.02. The molecule has 2 aliphatic heterocycles.